The fourth-order valence-corrected chi connectivity index (χ4v) is 1.83. The lowest BCUT2D eigenvalue weighted by atomic mass is 10.2. The third-order valence-corrected chi connectivity index (χ3v) is 3.00. The molecule has 0 unspecified atom stereocenters. The van der Waals surface area contributed by atoms with E-state index in [1.165, 1.54) is 0 Å². The van der Waals surface area contributed by atoms with Crippen molar-refractivity contribution in [3.8, 4) is 6.07 Å². The highest BCUT2D eigenvalue weighted by atomic mass is 35.5. The first-order chi connectivity index (χ1) is 7.70. The Bertz CT molecular complexity index is 515. The van der Waals surface area contributed by atoms with Crippen LogP contribution in [-0.2, 0) is 6.42 Å². The average Bonchev–Trinajstić information content (AvgIpc) is 2.61. The van der Waals surface area contributed by atoms with Crippen LogP contribution in [0.5, 0.6) is 0 Å². The quantitative estimate of drug-likeness (QED) is 0.848. The number of aryl methyl sites for hydroxylation is 1. The number of imidazole rings is 1. The number of fused-ring (bicyclic) bond motifs is 1. The number of hydrogen-bond donors (Lipinski definition) is 1. The van der Waals surface area contributed by atoms with E-state index >= 15 is 0 Å². The highest BCUT2D eigenvalue weighted by molar-refractivity contribution is 6.42. The second-order valence-corrected chi connectivity index (χ2v) is 4.29. The zero-order valence-corrected chi connectivity index (χ0v) is 9.94. The van der Waals surface area contributed by atoms with Crippen molar-refractivity contribution in [2.24, 2.45) is 0 Å². The summed E-state index contributed by atoms with van der Waals surface area (Å²) in [5.41, 5.74) is 1.68. The summed E-state index contributed by atoms with van der Waals surface area (Å²) in [6, 6.07) is 5.61. The number of nitriles is 1. The van der Waals surface area contributed by atoms with Gasteiger partial charge in [0.25, 0.3) is 0 Å². The van der Waals surface area contributed by atoms with E-state index in [4.69, 9.17) is 28.5 Å². The van der Waals surface area contributed by atoms with Crippen molar-refractivity contribution in [2.75, 3.05) is 0 Å². The zero-order chi connectivity index (χ0) is 11.5. The van der Waals surface area contributed by atoms with Crippen molar-refractivity contribution < 1.29 is 0 Å². The molecule has 0 amide bonds. The predicted octanol–water partition coefficient (Wildman–Crippen LogP) is 3.72. The maximum atomic E-state index is 8.44. The van der Waals surface area contributed by atoms with Gasteiger partial charge in [-0.2, -0.15) is 5.26 Å². The van der Waals surface area contributed by atoms with Crippen molar-refractivity contribution >= 4 is 34.2 Å². The molecule has 3 nitrogen and oxygen atoms in total. The molecule has 0 bridgehead atoms. The SMILES string of the molecule is N#CCCCc1nc2cc(Cl)c(Cl)cc2[nH]1. The van der Waals surface area contributed by atoms with Crippen LogP contribution >= 0.6 is 23.2 Å². The Morgan fingerprint density at radius 2 is 2.06 bits per heavy atom. The van der Waals surface area contributed by atoms with Gasteiger partial charge < -0.3 is 4.98 Å². The van der Waals surface area contributed by atoms with Gasteiger partial charge in [-0.15, -0.1) is 0 Å². The van der Waals surface area contributed by atoms with Crippen molar-refractivity contribution in [3.63, 3.8) is 0 Å². The fourth-order valence-electron chi connectivity index (χ4n) is 1.51. The van der Waals surface area contributed by atoms with Crippen LogP contribution in [0, 0.1) is 11.3 Å². The van der Waals surface area contributed by atoms with Gasteiger partial charge in [0.1, 0.15) is 5.82 Å². The Kier molecular flexibility index (Phi) is 3.33. The number of nitrogens with zero attached hydrogens (tertiary/aromatic N) is 2. The van der Waals surface area contributed by atoms with E-state index in [-0.39, 0.29) is 0 Å². The van der Waals surface area contributed by atoms with Gasteiger partial charge in [0.15, 0.2) is 0 Å². The van der Waals surface area contributed by atoms with Crippen LogP contribution in [0.4, 0.5) is 0 Å². The van der Waals surface area contributed by atoms with Gasteiger partial charge in [0, 0.05) is 12.8 Å². The minimum Gasteiger partial charge on any atom is -0.342 e. The Labute approximate surface area is 103 Å². The molecule has 1 aromatic heterocycles. The summed E-state index contributed by atoms with van der Waals surface area (Å²) >= 11 is 11.8. The Morgan fingerprint density at radius 3 is 2.81 bits per heavy atom. The lowest BCUT2D eigenvalue weighted by Gasteiger charge is -1.93. The predicted molar refractivity (Wildman–Crippen MR) is 64.7 cm³/mol. The van der Waals surface area contributed by atoms with Crippen molar-refractivity contribution in [2.45, 2.75) is 19.3 Å². The molecule has 0 aliphatic heterocycles. The Morgan fingerprint density at radius 1 is 1.31 bits per heavy atom. The molecule has 1 aromatic carbocycles. The van der Waals surface area contributed by atoms with Crippen molar-refractivity contribution in [1.29, 1.82) is 5.26 Å². The molecule has 82 valence electrons. The first kappa shape index (κ1) is 11.3. The molecule has 1 N–H and O–H groups in total. The van der Waals surface area contributed by atoms with Crippen LogP contribution < -0.4 is 0 Å². The summed E-state index contributed by atoms with van der Waals surface area (Å²) in [4.78, 5) is 7.54. The fraction of sp³-hybridized carbons (Fsp3) is 0.273. The van der Waals surface area contributed by atoms with Crippen LogP contribution in [-0.4, -0.2) is 9.97 Å². The molecular weight excluding hydrogens is 245 g/mol. The number of H-pyrrole nitrogens is 1. The Balaban J connectivity index is 2.27. The molecule has 0 aliphatic carbocycles. The monoisotopic (exact) mass is 253 g/mol. The summed E-state index contributed by atoms with van der Waals surface area (Å²) in [7, 11) is 0. The van der Waals surface area contributed by atoms with Gasteiger partial charge >= 0.3 is 0 Å². The summed E-state index contributed by atoms with van der Waals surface area (Å²) in [6.45, 7) is 0. The molecule has 0 aliphatic rings. The number of nitrogens with one attached hydrogen (secondary N) is 1. The smallest absolute Gasteiger partial charge is 0.107 e. The number of benzene rings is 1. The van der Waals surface area contributed by atoms with Crippen LogP contribution in [0.3, 0.4) is 0 Å². The molecule has 1 heterocycles. The summed E-state index contributed by atoms with van der Waals surface area (Å²) < 4.78 is 0. The number of unbranched alkanes of at least 4 members (excludes halogenated alkanes) is 1. The van der Waals surface area contributed by atoms with Crippen LogP contribution in [0.2, 0.25) is 10.0 Å². The molecule has 0 atom stereocenters. The summed E-state index contributed by atoms with van der Waals surface area (Å²) in [5, 5.41) is 9.46. The number of aromatic nitrogens is 2. The third-order valence-electron chi connectivity index (χ3n) is 2.28. The number of halogens is 2. The zero-order valence-electron chi connectivity index (χ0n) is 8.43. The lowest BCUT2D eigenvalue weighted by molar-refractivity contribution is 0.809. The largest absolute Gasteiger partial charge is 0.342 e. The summed E-state index contributed by atoms with van der Waals surface area (Å²) in [6.07, 6.45) is 2.10. The van der Waals surface area contributed by atoms with E-state index < -0.39 is 0 Å². The molecule has 2 rings (SSSR count). The molecule has 0 fully saturated rings. The van der Waals surface area contributed by atoms with Gasteiger partial charge in [-0.1, -0.05) is 23.2 Å². The topological polar surface area (TPSA) is 52.5 Å². The standard InChI is InChI=1S/C11H9Cl2N3/c12-7-5-9-10(6-8(7)13)16-11(15-9)3-1-2-4-14/h5-6H,1-3H2,(H,15,16). The molecule has 0 radical (unpaired) electrons. The lowest BCUT2D eigenvalue weighted by Crippen LogP contribution is -1.86. The molecular formula is C11H9Cl2N3. The second kappa shape index (κ2) is 4.73. The first-order valence-electron chi connectivity index (χ1n) is 4.91. The molecule has 16 heavy (non-hydrogen) atoms. The molecule has 0 spiro atoms. The normalized spacial score (nSPS) is 10.6. The summed E-state index contributed by atoms with van der Waals surface area (Å²) in [5.74, 6) is 0.864. The molecule has 5 heteroatoms. The number of hydrogen-bond acceptors (Lipinski definition) is 2. The minimum absolute atomic E-state index is 0.504. The highest BCUT2D eigenvalue weighted by Crippen LogP contribution is 2.26. The molecule has 0 saturated heterocycles. The van der Waals surface area contributed by atoms with Gasteiger partial charge in [-0.3, -0.25) is 0 Å². The van der Waals surface area contributed by atoms with Crippen LogP contribution in [0.1, 0.15) is 18.7 Å². The van der Waals surface area contributed by atoms with Crippen molar-refractivity contribution in [1.82, 2.24) is 9.97 Å². The van der Waals surface area contributed by atoms with E-state index in [2.05, 4.69) is 16.0 Å². The Hall–Kier alpha value is -1.24. The van der Waals surface area contributed by atoms with E-state index in [9.17, 15) is 0 Å². The van der Waals surface area contributed by atoms with Gasteiger partial charge in [-0.25, -0.2) is 4.98 Å². The minimum atomic E-state index is 0.504. The van der Waals surface area contributed by atoms with Gasteiger partial charge in [0.05, 0.1) is 27.1 Å². The van der Waals surface area contributed by atoms with Crippen molar-refractivity contribution in [3.05, 3.63) is 28.0 Å². The highest BCUT2D eigenvalue weighted by Gasteiger charge is 2.06. The average molecular weight is 254 g/mol. The second-order valence-electron chi connectivity index (χ2n) is 3.48. The first-order valence-corrected chi connectivity index (χ1v) is 5.67. The number of rotatable bonds is 3. The maximum Gasteiger partial charge on any atom is 0.107 e. The van der Waals surface area contributed by atoms with E-state index in [0.717, 1.165) is 29.7 Å². The van der Waals surface area contributed by atoms with Crippen LogP contribution in [0.15, 0.2) is 12.1 Å². The van der Waals surface area contributed by atoms with E-state index in [0.29, 0.717) is 16.5 Å². The molecule has 0 saturated carbocycles. The molecule has 2 aromatic rings. The van der Waals surface area contributed by atoms with E-state index in [1.54, 1.807) is 12.1 Å². The van der Waals surface area contributed by atoms with Gasteiger partial charge in [0.2, 0.25) is 0 Å². The number of aromatic amines is 1. The maximum absolute atomic E-state index is 8.44. The van der Waals surface area contributed by atoms with E-state index in [1.807, 2.05) is 0 Å². The third kappa shape index (κ3) is 2.29. The van der Waals surface area contributed by atoms with Gasteiger partial charge in [-0.05, 0) is 18.6 Å². The van der Waals surface area contributed by atoms with Crippen LogP contribution in [0.25, 0.3) is 11.0 Å².